The molecular formula is C18H21F2N. The van der Waals surface area contributed by atoms with Crippen LogP contribution in [-0.2, 0) is 0 Å². The minimum atomic E-state index is -0.249. The van der Waals surface area contributed by atoms with Crippen molar-refractivity contribution < 1.29 is 8.78 Å². The molecule has 2 rings (SSSR count). The predicted octanol–water partition coefficient (Wildman–Crippen LogP) is 4.67. The van der Waals surface area contributed by atoms with E-state index in [0.29, 0.717) is 5.56 Å². The van der Waals surface area contributed by atoms with E-state index in [9.17, 15) is 8.78 Å². The fourth-order valence-corrected chi connectivity index (χ4v) is 2.45. The van der Waals surface area contributed by atoms with Crippen LogP contribution >= 0.6 is 0 Å². The van der Waals surface area contributed by atoms with E-state index in [4.69, 9.17) is 0 Å². The molecule has 3 heteroatoms. The molecule has 1 nitrogen and oxygen atoms in total. The van der Waals surface area contributed by atoms with Crippen molar-refractivity contribution in [2.75, 3.05) is 6.54 Å². The maximum absolute atomic E-state index is 13.9. The van der Waals surface area contributed by atoms with Gasteiger partial charge in [-0.2, -0.15) is 0 Å². The zero-order valence-corrected chi connectivity index (χ0v) is 12.7. The second-order valence-corrected chi connectivity index (χ2v) is 5.40. The Kier molecular flexibility index (Phi) is 5.07. The monoisotopic (exact) mass is 289 g/mol. The summed E-state index contributed by atoms with van der Waals surface area (Å²) in [5.41, 5.74) is 3.34. The van der Waals surface area contributed by atoms with Crippen LogP contribution in [0.15, 0.2) is 36.4 Å². The van der Waals surface area contributed by atoms with Gasteiger partial charge in [-0.05, 0) is 67.3 Å². The van der Waals surface area contributed by atoms with E-state index in [1.165, 1.54) is 12.1 Å². The smallest absolute Gasteiger partial charge is 0.126 e. The molecule has 0 radical (unpaired) electrons. The molecule has 2 aromatic carbocycles. The van der Waals surface area contributed by atoms with Crippen molar-refractivity contribution in [1.29, 1.82) is 0 Å². The number of nitrogens with one attached hydrogen (secondary N) is 1. The quantitative estimate of drug-likeness (QED) is 0.843. The number of aryl methyl sites for hydroxylation is 2. The van der Waals surface area contributed by atoms with Gasteiger partial charge >= 0.3 is 0 Å². The first-order valence-corrected chi connectivity index (χ1v) is 7.28. The van der Waals surface area contributed by atoms with Crippen molar-refractivity contribution in [3.63, 3.8) is 0 Å². The van der Waals surface area contributed by atoms with Crippen molar-refractivity contribution in [3.8, 4) is 0 Å². The van der Waals surface area contributed by atoms with Gasteiger partial charge in [0.15, 0.2) is 0 Å². The first-order chi connectivity index (χ1) is 10.0. The highest BCUT2D eigenvalue weighted by Gasteiger charge is 2.17. The van der Waals surface area contributed by atoms with E-state index in [0.717, 1.165) is 29.7 Å². The lowest BCUT2D eigenvalue weighted by molar-refractivity contribution is 0.577. The Hall–Kier alpha value is -1.74. The first kappa shape index (κ1) is 15.6. The maximum Gasteiger partial charge on any atom is 0.126 e. The average Bonchev–Trinajstić information content (AvgIpc) is 2.44. The van der Waals surface area contributed by atoms with Crippen molar-refractivity contribution in [2.45, 2.75) is 33.2 Å². The molecule has 0 spiro atoms. The largest absolute Gasteiger partial charge is 0.306 e. The van der Waals surface area contributed by atoms with Crippen LogP contribution in [0.3, 0.4) is 0 Å². The lowest BCUT2D eigenvalue weighted by atomic mass is 9.94. The summed E-state index contributed by atoms with van der Waals surface area (Å²) < 4.78 is 27.2. The highest BCUT2D eigenvalue weighted by Crippen LogP contribution is 2.26. The van der Waals surface area contributed by atoms with Crippen molar-refractivity contribution in [3.05, 3.63) is 70.3 Å². The molecule has 0 fully saturated rings. The molecule has 0 saturated heterocycles. The molecule has 0 aliphatic rings. The van der Waals surface area contributed by atoms with Gasteiger partial charge in [-0.15, -0.1) is 0 Å². The van der Waals surface area contributed by atoms with Gasteiger partial charge in [0.05, 0.1) is 6.04 Å². The Morgan fingerprint density at radius 2 is 1.76 bits per heavy atom. The van der Waals surface area contributed by atoms with Gasteiger partial charge in [0, 0.05) is 0 Å². The minimum absolute atomic E-state index is 0.124. The number of hydrogen-bond acceptors (Lipinski definition) is 1. The van der Waals surface area contributed by atoms with Crippen molar-refractivity contribution >= 4 is 0 Å². The molecular weight excluding hydrogens is 268 g/mol. The molecule has 1 N–H and O–H groups in total. The third kappa shape index (κ3) is 3.67. The third-order valence-corrected chi connectivity index (χ3v) is 3.67. The van der Waals surface area contributed by atoms with Crippen LogP contribution < -0.4 is 5.32 Å². The van der Waals surface area contributed by atoms with Crippen molar-refractivity contribution in [2.24, 2.45) is 0 Å². The van der Waals surface area contributed by atoms with Crippen molar-refractivity contribution in [1.82, 2.24) is 5.32 Å². The van der Waals surface area contributed by atoms with Crippen LogP contribution in [0.4, 0.5) is 8.78 Å². The number of halogens is 2. The summed E-state index contributed by atoms with van der Waals surface area (Å²) in [4.78, 5) is 0. The van der Waals surface area contributed by atoms with Crippen LogP contribution in [0.2, 0.25) is 0 Å². The Morgan fingerprint density at radius 1 is 1.00 bits per heavy atom. The summed E-state index contributed by atoms with van der Waals surface area (Å²) >= 11 is 0. The lowest BCUT2D eigenvalue weighted by Crippen LogP contribution is -2.24. The highest BCUT2D eigenvalue weighted by atomic mass is 19.1. The minimum Gasteiger partial charge on any atom is -0.306 e. The first-order valence-electron chi connectivity index (χ1n) is 7.28. The van der Waals surface area contributed by atoms with Gasteiger partial charge in [0.1, 0.15) is 11.6 Å². The fraction of sp³-hybridized carbons (Fsp3) is 0.333. The predicted molar refractivity (Wildman–Crippen MR) is 82.4 cm³/mol. The summed E-state index contributed by atoms with van der Waals surface area (Å²) in [5, 5.41) is 3.42. The van der Waals surface area contributed by atoms with Crippen LogP contribution in [-0.4, -0.2) is 6.54 Å². The Balaban J connectivity index is 2.44. The number of benzene rings is 2. The van der Waals surface area contributed by atoms with Gasteiger partial charge in [-0.3, -0.25) is 0 Å². The van der Waals surface area contributed by atoms with Gasteiger partial charge in [-0.1, -0.05) is 25.1 Å². The highest BCUT2D eigenvalue weighted by molar-refractivity contribution is 5.38. The number of hydrogen-bond donors (Lipinski definition) is 1. The molecule has 2 aromatic rings. The van der Waals surface area contributed by atoms with Crippen LogP contribution in [0.1, 0.15) is 41.6 Å². The van der Waals surface area contributed by atoms with Crippen LogP contribution in [0, 0.1) is 25.5 Å². The van der Waals surface area contributed by atoms with E-state index in [-0.39, 0.29) is 17.7 Å². The van der Waals surface area contributed by atoms with E-state index in [1.807, 2.05) is 13.0 Å². The van der Waals surface area contributed by atoms with E-state index in [1.54, 1.807) is 25.1 Å². The van der Waals surface area contributed by atoms with Gasteiger partial charge in [-0.25, -0.2) is 8.78 Å². The summed E-state index contributed by atoms with van der Waals surface area (Å²) in [7, 11) is 0. The average molecular weight is 289 g/mol. The van der Waals surface area contributed by atoms with Crippen LogP contribution in [0.5, 0.6) is 0 Å². The molecule has 0 aliphatic carbocycles. The van der Waals surface area contributed by atoms with Gasteiger partial charge in [0.2, 0.25) is 0 Å². The normalized spacial score (nSPS) is 12.4. The standard InChI is InChI=1S/C18H21F2N/c1-4-9-21-18(14-6-5-12(2)17(20)11-14)16-8-7-15(19)10-13(16)3/h5-8,10-11,18,21H,4,9H2,1-3H3. The third-order valence-electron chi connectivity index (χ3n) is 3.67. The SMILES string of the molecule is CCCNC(c1ccc(C)c(F)c1)c1ccc(F)cc1C. The molecule has 0 amide bonds. The van der Waals surface area contributed by atoms with Gasteiger partial charge < -0.3 is 5.32 Å². The molecule has 1 unspecified atom stereocenters. The second-order valence-electron chi connectivity index (χ2n) is 5.40. The summed E-state index contributed by atoms with van der Waals surface area (Å²) in [6.45, 7) is 6.52. The topological polar surface area (TPSA) is 12.0 Å². The molecule has 1 atom stereocenters. The van der Waals surface area contributed by atoms with Crippen LogP contribution in [0.25, 0.3) is 0 Å². The molecule has 0 heterocycles. The summed E-state index contributed by atoms with van der Waals surface area (Å²) in [6, 6.07) is 9.88. The zero-order valence-electron chi connectivity index (χ0n) is 12.7. The fourth-order valence-electron chi connectivity index (χ4n) is 2.45. The lowest BCUT2D eigenvalue weighted by Gasteiger charge is -2.22. The summed E-state index contributed by atoms with van der Waals surface area (Å²) in [6.07, 6.45) is 0.977. The second kappa shape index (κ2) is 6.81. The molecule has 0 aliphatic heterocycles. The van der Waals surface area contributed by atoms with E-state index >= 15 is 0 Å². The zero-order chi connectivity index (χ0) is 15.4. The molecule has 112 valence electrons. The van der Waals surface area contributed by atoms with E-state index < -0.39 is 0 Å². The van der Waals surface area contributed by atoms with Gasteiger partial charge in [0.25, 0.3) is 0 Å². The molecule has 0 bridgehead atoms. The Bertz CT molecular complexity index is 623. The van der Waals surface area contributed by atoms with E-state index in [2.05, 4.69) is 12.2 Å². The molecule has 21 heavy (non-hydrogen) atoms. The Labute approximate surface area is 125 Å². The molecule has 0 saturated carbocycles. The Morgan fingerprint density at radius 3 is 2.38 bits per heavy atom. The number of rotatable bonds is 5. The summed E-state index contributed by atoms with van der Waals surface area (Å²) in [5.74, 6) is -0.462. The maximum atomic E-state index is 13.9. The molecule has 0 aromatic heterocycles.